The van der Waals surface area contributed by atoms with E-state index in [1.54, 1.807) is 26.0 Å². The van der Waals surface area contributed by atoms with Gasteiger partial charge in [-0.25, -0.2) is 8.42 Å². The summed E-state index contributed by atoms with van der Waals surface area (Å²) in [6.45, 7) is 6.39. The number of benzene rings is 1. The first kappa shape index (κ1) is 15.7. The minimum Gasteiger partial charge on any atom is -0.480 e. The predicted molar refractivity (Wildman–Crippen MR) is 72.6 cm³/mol. The molecule has 1 aromatic carbocycles. The topological polar surface area (TPSA) is 74.7 Å². The number of nitrogens with zero attached hydrogens (tertiary/aromatic N) is 1. The van der Waals surface area contributed by atoms with Crippen molar-refractivity contribution in [2.45, 2.75) is 38.6 Å². The van der Waals surface area contributed by atoms with E-state index >= 15 is 0 Å². The fourth-order valence-electron chi connectivity index (χ4n) is 1.90. The molecule has 19 heavy (non-hydrogen) atoms. The maximum absolute atomic E-state index is 12.5. The zero-order valence-corrected chi connectivity index (χ0v) is 12.4. The van der Waals surface area contributed by atoms with Gasteiger partial charge in [0, 0.05) is 6.04 Å². The van der Waals surface area contributed by atoms with Gasteiger partial charge in [0.2, 0.25) is 10.0 Å². The standard InChI is InChI=1S/C13H19NO4S/c1-9(2)14(8-13(15)16)19(17,18)12-6-10(3)5-11(4)7-12/h5-7,9H,8H2,1-4H3,(H,15,16). The molecule has 0 radical (unpaired) electrons. The molecule has 0 saturated heterocycles. The maximum atomic E-state index is 12.5. The number of rotatable bonds is 5. The van der Waals surface area contributed by atoms with Gasteiger partial charge in [0.25, 0.3) is 0 Å². The maximum Gasteiger partial charge on any atom is 0.318 e. The van der Waals surface area contributed by atoms with Gasteiger partial charge < -0.3 is 5.11 Å². The van der Waals surface area contributed by atoms with Crippen molar-refractivity contribution in [2.24, 2.45) is 0 Å². The molecule has 0 unspecified atom stereocenters. The number of hydrogen-bond donors (Lipinski definition) is 1. The Morgan fingerprint density at radius 3 is 2.05 bits per heavy atom. The summed E-state index contributed by atoms with van der Waals surface area (Å²) in [5.41, 5.74) is 1.66. The van der Waals surface area contributed by atoms with E-state index < -0.39 is 28.6 Å². The van der Waals surface area contributed by atoms with E-state index in [4.69, 9.17) is 5.11 Å². The third-order valence-electron chi connectivity index (χ3n) is 2.67. The molecule has 0 aliphatic carbocycles. The van der Waals surface area contributed by atoms with Crippen LogP contribution in [0.3, 0.4) is 0 Å². The van der Waals surface area contributed by atoms with Gasteiger partial charge >= 0.3 is 5.97 Å². The summed E-state index contributed by atoms with van der Waals surface area (Å²) in [6, 6.07) is 4.57. The molecular weight excluding hydrogens is 266 g/mol. The first-order valence-electron chi connectivity index (χ1n) is 5.96. The molecule has 0 spiro atoms. The second-order valence-electron chi connectivity index (χ2n) is 4.86. The Morgan fingerprint density at radius 1 is 1.21 bits per heavy atom. The molecule has 0 saturated carbocycles. The van der Waals surface area contributed by atoms with Gasteiger partial charge in [-0.3, -0.25) is 4.79 Å². The second-order valence-corrected chi connectivity index (χ2v) is 6.75. The normalized spacial score (nSPS) is 12.1. The molecule has 0 bridgehead atoms. The van der Waals surface area contributed by atoms with E-state index in [1.165, 1.54) is 0 Å². The van der Waals surface area contributed by atoms with Crippen molar-refractivity contribution in [2.75, 3.05) is 6.54 Å². The lowest BCUT2D eigenvalue weighted by molar-refractivity contribution is -0.137. The third kappa shape index (κ3) is 3.78. The van der Waals surface area contributed by atoms with Gasteiger partial charge in [-0.15, -0.1) is 0 Å². The Labute approximate surface area is 113 Å². The highest BCUT2D eigenvalue weighted by Gasteiger charge is 2.29. The molecular formula is C13H19NO4S. The average molecular weight is 285 g/mol. The van der Waals surface area contributed by atoms with Crippen LogP contribution in [0.4, 0.5) is 0 Å². The Kier molecular flexibility index (Phi) is 4.70. The first-order valence-corrected chi connectivity index (χ1v) is 7.40. The van der Waals surface area contributed by atoms with Crippen molar-refractivity contribution in [3.05, 3.63) is 29.3 Å². The van der Waals surface area contributed by atoms with Gasteiger partial charge in [-0.05, 0) is 51.0 Å². The van der Waals surface area contributed by atoms with Crippen LogP contribution >= 0.6 is 0 Å². The molecule has 1 rings (SSSR count). The largest absolute Gasteiger partial charge is 0.480 e. The van der Waals surface area contributed by atoms with Crippen LogP contribution in [0.15, 0.2) is 23.1 Å². The summed E-state index contributed by atoms with van der Waals surface area (Å²) in [5, 5.41) is 8.85. The molecule has 106 valence electrons. The Balaban J connectivity index is 3.30. The molecule has 0 aromatic heterocycles. The average Bonchev–Trinajstić information content (AvgIpc) is 2.23. The highest BCUT2D eigenvalue weighted by molar-refractivity contribution is 7.89. The minimum absolute atomic E-state index is 0.139. The molecule has 0 atom stereocenters. The monoisotopic (exact) mass is 285 g/mol. The fraction of sp³-hybridized carbons (Fsp3) is 0.462. The zero-order valence-electron chi connectivity index (χ0n) is 11.5. The van der Waals surface area contributed by atoms with Crippen LogP contribution in [-0.2, 0) is 14.8 Å². The molecule has 0 amide bonds. The lowest BCUT2D eigenvalue weighted by atomic mass is 10.2. The van der Waals surface area contributed by atoms with E-state index in [2.05, 4.69) is 0 Å². The van der Waals surface area contributed by atoms with E-state index in [0.717, 1.165) is 15.4 Å². The molecule has 1 N–H and O–H groups in total. The molecule has 0 fully saturated rings. The van der Waals surface area contributed by atoms with Gasteiger partial charge in [-0.2, -0.15) is 4.31 Å². The molecule has 6 heteroatoms. The number of carboxylic acids is 1. The van der Waals surface area contributed by atoms with Crippen LogP contribution in [0.5, 0.6) is 0 Å². The van der Waals surface area contributed by atoms with Crippen LogP contribution in [0.1, 0.15) is 25.0 Å². The van der Waals surface area contributed by atoms with Crippen molar-refractivity contribution in [3.8, 4) is 0 Å². The lowest BCUT2D eigenvalue weighted by Gasteiger charge is -2.24. The van der Waals surface area contributed by atoms with Gasteiger partial charge in [0.1, 0.15) is 6.54 Å². The molecule has 1 aromatic rings. The minimum atomic E-state index is -3.79. The summed E-state index contributed by atoms with van der Waals surface area (Å²) in [4.78, 5) is 11.0. The van der Waals surface area contributed by atoms with E-state index in [0.29, 0.717) is 0 Å². The van der Waals surface area contributed by atoms with Crippen molar-refractivity contribution in [1.29, 1.82) is 0 Å². The van der Waals surface area contributed by atoms with Crippen LogP contribution < -0.4 is 0 Å². The third-order valence-corrected chi connectivity index (χ3v) is 4.67. The number of aliphatic carboxylic acids is 1. The molecule has 5 nitrogen and oxygen atoms in total. The Bertz CT molecular complexity index is 558. The van der Waals surface area contributed by atoms with E-state index in [1.807, 2.05) is 19.9 Å². The smallest absolute Gasteiger partial charge is 0.318 e. The number of sulfonamides is 1. The quantitative estimate of drug-likeness (QED) is 0.895. The number of hydrogen-bond acceptors (Lipinski definition) is 3. The van der Waals surface area contributed by atoms with Crippen LogP contribution in [0, 0.1) is 13.8 Å². The van der Waals surface area contributed by atoms with Gasteiger partial charge in [0.05, 0.1) is 4.90 Å². The zero-order chi connectivity index (χ0) is 14.8. The molecule has 0 aliphatic rings. The SMILES string of the molecule is Cc1cc(C)cc(S(=O)(=O)N(CC(=O)O)C(C)C)c1. The fourth-order valence-corrected chi connectivity index (χ4v) is 3.67. The lowest BCUT2D eigenvalue weighted by Crippen LogP contribution is -2.40. The van der Waals surface area contributed by atoms with Gasteiger partial charge in [-0.1, -0.05) is 6.07 Å². The number of aryl methyl sites for hydroxylation is 2. The highest BCUT2D eigenvalue weighted by Crippen LogP contribution is 2.20. The van der Waals surface area contributed by atoms with Crippen molar-refractivity contribution in [1.82, 2.24) is 4.31 Å². The number of carboxylic acid groups (broad SMARTS) is 1. The van der Waals surface area contributed by atoms with E-state index in [-0.39, 0.29) is 4.90 Å². The number of carbonyl (C=O) groups is 1. The summed E-state index contributed by atoms with van der Waals surface area (Å²) in [6.07, 6.45) is 0. The van der Waals surface area contributed by atoms with Crippen LogP contribution in [-0.4, -0.2) is 36.4 Å². The summed E-state index contributed by atoms with van der Waals surface area (Å²) >= 11 is 0. The van der Waals surface area contributed by atoms with Crippen LogP contribution in [0.25, 0.3) is 0 Å². The summed E-state index contributed by atoms with van der Waals surface area (Å²) in [5.74, 6) is -1.17. The summed E-state index contributed by atoms with van der Waals surface area (Å²) < 4.78 is 25.9. The first-order chi connectivity index (χ1) is 8.64. The summed E-state index contributed by atoms with van der Waals surface area (Å²) in [7, 11) is -3.79. The van der Waals surface area contributed by atoms with E-state index in [9.17, 15) is 13.2 Å². The van der Waals surface area contributed by atoms with Crippen molar-refractivity contribution < 1.29 is 18.3 Å². The Hall–Kier alpha value is -1.40. The van der Waals surface area contributed by atoms with Crippen molar-refractivity contribution in [3.63, 3.8) is 0 Å². The Morgan fingerprint density at radius 2 is 1.68 bits per heavy atom. The highest BCUT2D eigenvalue weighted by atomic mass is 32.2. The van der Waals surface area contributed by atoms with Crippen molar-refractivity contribution >= 4 is 16.0 Å². The predicted octanol–water partition coefficient (Wildman–Crippen LogP) is 1.79. The van der Waals surface area contributed by atoms with Crippen LogP contribution in [0.2, 0.25) is 0 Å². The second kappa shape index (κ2) is 5.71. The van der Waals surface area contributed by atoms with Gasteiger partial charge in [0.15, 0.2) is 0 Å². The molecule has 0 heterocycles. The molecule has 0 aliphatic heterocycles.